The zero-order valence-corrected chi connectivity index (χ0v) is 11.5. The lowest BCUT2D eigenvalue weighted by molar-refractivity contribution is 0.0950. The monoisotopic (exact) mass is 266 g/mol. The van der Waals surface area contributed by atoms with Gasteiger partial charge >= 0.3 is 0 Å². The molecule has 0 heterocycles. The molecule has 3 nitrogen and oxygen atoms in total. The molecule has 20 heavy (non-hydrogen) atoms. The molecule has 0 saturated heterocycles. The van der Waals surface area contributed by atoms with Crippen LogP contribution in [0.3, 0.4) is 0 Å². The fraction of sp³-hybridized carbons (Fsp3) is 0.235. The fourth-order valence-corrected chi connectivity index (χ4v) is 2.65. The minimum absolute atomic E-state index is 0.00275. The Morgan fingerprint density at radius 1 is 1.15 bits per heavy atom. The topological polar surface area (TPSA) is 41.1 Å². The van der Waals surface area contributed by atoms with Gasteiger partial charge in [-0.3, -0.25) is 4.79 Å². The van der Waals surface area contributed by atoms with Crippen LogP contribution in [0.2, 0.25) is 0 Å². The molecule has 0 saturated carbocycles. The van der Waals surface area contributed by atoms with E-state index in [0.29, 0.717) is 18.0 Å². The summed E-state index contributed by atoms with van der Waals surface area (Å²) in [5, 5.41) is 6.06. The number of carbonyl (C=O) groups is 1. The predicted molar refractivity (Wildman–Crippen MR) is 81.2 cm³/mol. The molecule has 0 aromatic heterocycles. The molecule has 102 valence electrons. The second-order valence-electron chi connectivity index (χ2n) is 5.14. The first-order valence-electron chi connectivity index (χ1n) is 6.92. The summed E-state index contributed by atoms with van der Waals surface area (Å²) in [4.78, 5) is 12.1. The van der Waals surface area contributed by atoms with Crippen LogP contribution in [0.5, 0.6) is 0 Å². The van der Waals surface area contributed by atoms with Crippen molar-refractivity contribution in [3.63, 3.8) is 0 Å². The summed E-state index contributed by atoms with van der Waals surface area (Å²) in [6, 6.07) is 15.9. The van der Waals surface area contributed by atoms with Crippen LogP contribution in [0.4, 0.5) is 5.69 Å². The number of fused-ring (bicyclic) bond motifs is 1. The molecular formula is C17H18N2O. The molecule has 0 radical (unpaired) electrons. The molecule has 1 atom stereocenters. The van der Waals surface area contributed by atoms with Gasteiger partial charge in [0.05, 0.1) is 0 Å². The highest BCUT2D eigenvalue weighted by atomic mass is 16.1. The lowest BCUT2D eigenvalue weighted by Gasteiger charge is -2.30. The third-order valence-corrected chi connectivity index (χ3v) is 3.91. The Balaban J connectivity index is 1.58. The zero-order chi connectivity index (χ0) is 13.9. The number of hydrogen-bond acceptors (Lipinski definition) is 2. The van der Waals surface area contributed by atoms with Crippen LogP contribution in [-0.4, -0.2) is 19.5 Å². The van der Waals surface area contributed by atoms with E-state index in [1.807, 2.05) is 31.3 Å². The van der Waals surface area contributed by atoms with Gasteiger partial charge in [-0.05, 0) is 41.8 Å². The van der Waals surface area contributed by atoms with E-state index in [4.69, 9.17) is 0 Å². The van der Waals surface area contributed by atoms with E-state index in [0.717, 1.165) is 12.1 Å². The molecule has 1 aliphatic rings. The first kappa shape index (κ1) is 12.7. The average Bonchev–Trinajstić information content (AvgIpc) is 2.48. The maximum atomic E-state index is 12.1. The van der Waals surface area contributed by atoms with Crippen LogP contribution >= 0.6 is 0 Å². The Hall–Kier alpha value is -2.29. The van der Waals surface area contributed by atoms with Gasteiger partial charge in [-0.1, -0.05) is 24.3 Å². The standard InChI is InChI=1S/C17H18N2O/c1-18-15-8-6-12(7-9-15)17(20)19-11-14-10-13-4-2-3-5-16(13)14/h2-9,14,18H,10-11H2,1H3,(H,19,20). The number of carbonyl (C=O) groups excluding carboxylic acids is 1. The lowest BCUT2D eigenvalue weighted by Crippen LogP contribution is -2.33. The number of anilines is 1. The smallest absolute Gasteiger partial charge is 0.251 e. The number of hydrogen-bond donors (Lipinski definition) is 2. The van der Waals surface area contributed by atoms with Crippen molar-refractivity contribution in [3.05, 3.63) is 65.2 Å². The van der Waals surface area contributed by atoms with Crippen molar-refractivity contribution >= 4 is 11.6 Å². The molecule has 3 heteroatoms. The van der Waals surface area contributed by atoms with E-state index in [1.54, 1.807) is 0 Å². The number of nitrogens with one attached hydrogen (secondary N) is 2. The van der Waals surface area contributed by atoms with Crippen molar-refractivity contribution in [1.29, 1.82) is 0 Å². The molecular weight excluding hydrogens is 248 g/mol. The SMILES string of the molecule is CNc1ccc(C(=O)NCC2Cc3ccccc32)cc1. The Morgan fingerprint density at radius 2 is 1.90 bits per heavy atom. The largest absolute Gasteiger partial charge is 0.388 e. The summed E-state index contributed by atoms with van der Waals surface area (Å²) in [5.41, 5.74) is 4.49. The number of rotatable bonds is 4. The number of amides is 1. The van der Waals surface area contributed by atoms with E-state index < -0.39 is 0 Å². The fourth-order valence-electron chi connectivity index (χ4n) is 2.65. The van der Waals surface area contributed by atoms with E-state index in [9.17, 15) is 4.79 Å². The van der Waals surface area contributed by atoms with E-state index in [-0.39, 0.29) is 5.91 Å². The highest BCUT2D eigenvalue weighted by Crippen LogP contribution is 2.33. The van der Waals surface area contributed by atoms with Crippen molar-refractivity contribution in [2.24, 2.45) is 0 Å². The Labute approximate surface area is 119 Å². The molecule has 2 aromatic rings. The van der Waals surface area contributed by atoms with Gasteiger partial charge < -0.3 is 10.6 Å². The predicted octanol–water partition coefficient (Wildman–Crippen LogP) is 2.80. The van der Waals surface area contributed by atoms with Gasteiger partial charge in [0.2, 0.25) is 0 Å². The Kier molecular flexibility index (Phi) is 3.42. The second-order valence-corrected chi connectivity index (χ2v) is 5.14. The first-order chi connectivity index (χ1) is 9.78. The second kappa shape index (κ2) is 5.37. The van der Waals surface area contributed by atoms with Crippen LogP contribution in [0.25, 0.3) is 0 Å². The van der Waals surface area contributed by atoms with Gasteiger partial charge in [-0.25, -0.2) is 0 Å². The van der Waals surface area contributed by atoms with Gasteiger partial charge in [0.15, 0.2) is 0 Å². The third-order valence-electron chi connectivity index (χ3n) is 3.91. The molecule has 1 unspecified atom stereocenters. The van der Waals surface area contributed by atoms with Gasteiger partial charge in [0, 0.05) is 30.8 Å². The van der Waals surface area contributed by atoms with Crippen LogP contribution < -0.4 is 10.6 Å². The Bertz CT molecular complexity index is 619. The van der Waals surface area contributed by atoms with Crippen LogP contribution in [0.1, 0.15) is 27.4 Å². The third kappa shape index (κ3) is 2.39. The molecule has 2 aromatic carbocycles. The summed E-state index contributed by atoms with van der Waals surface area (Å²) < 4.78 is 0. The molecule has 1 amide bonds. The van der Waals surface area contributed by atoms with Crippen LogP contribution in [-0.2, 0) is 6.42 Å². The van der Waals surface area contributed by atoms with Crippen LogP contribution in [0.15, 0.2) is 48.5 Å². The molecule has 1 aliphatic carbocycles. The minimum Gasteiger partial charge on any atom is -0.388 e. The zero-order valence-electron chi connectivity index (χ0n) is 11.5. The summed E-state index contributed by atoms with van der Waals surface area (Å²) in [7, 11) is 1.86. The summed E-state index contributed by atoms with van der Waals surface area (Å²) in [6.07, 6.45) is 1.06. The number of benzene rings is 2. The van der Waals surface area contributed by atoms with Crippen molar-refractivity contribution in [2.45, 2.75) is 12.3 Å². The molecule has 0 fully saturated rings. The molecule has 3 rings (SSSR count). The van der Waals surface area contributed by atoms with E-state index >= 15 is 0 Å². The van der Waals surface area contributed by atoms with Crippen molar-refractivity contribution in [1.82, 2.24) is 5.32 Å². The Morgan fingerprint density at radius 3 is 2.60 bits per heavy atom. The molecule has 0 bridgehead atoms. The van der Waals surface area contributed by atoms with Gasteiger partial charge in [-0.2, -0.15) is 0 Å². The van der Waals surface area contributed by atoms with Crippen LogP contribution in [0, 0.1) is 0 Å². The maximum Gasteiger partial charge on any atom is 0.251 e. The van der Waals surface area contributed by atoms with Crippen molar-refractivity contribution < 1.29 is 4.79 Å². The van der Waals surface area contributed by atoms with Crippen molar-refractivity contribution in [3.8, 4) is 0 Å². The van der Waals surface area contributed by atoms with E-state index in [1.165, 1.54) is 11.1 Å². The molecule has 0 spiro atoms. The maximum absolute atomic E-state index is 12.1. The normalized spacial score (nSPS) is 15.9. The quantitative estimate of drug-likeness (QED) is 0.893. The van der Waals surface area contributed by atoms with E-state index in [2.05, 4.69) is 34.9 Å². The average molecular weight is 266 g/mol. The highest BCUT2D eigenvalue weighted by Gasteiger charge is 2.25. The molecule has 0 aliphatic heterocycles. The summed E-state index contributed by atoms with van der Waals surface area (Å²) in [6.45, 7) is 0.712. The summed E-state index contributed by atoms with van der Waals surface area (Å²) >= 11 is 0. The lowest BCUT2D eigenvalue weighted by atomic mass is 9.77. The molecule has 2 N–H and O–H groups in total. The summed E-state index contributed by atoms with van der Waals surface area (Å²) in [5.74, 6) is 0.462. The minimum atomic E-state index is -0.00275. The van der Waals surface area contributed by atoms with Gasteiger partial charge in [0.1, 0.15) is 0 Å². The van der Waals surface area contributed by atoms with Gasteiger partial charge in [0.25, 0.3) is 5.91 Å². The first-order valence-corrected chi connectivity index (χ1v) is 6.92. The highest BCUT2D eigenvalue weighted by molar-refractivity contribution is 5.94. The van der Waals surface area contributed by atoms with Gasteiger partial charge in [-0.15, -0.1) is 0 Å². The van der Waals surface area contributed by atoms with Crippen molar-refractivity contribution in [2.75, 3.05) is 18.9 Å².